The van der Waals surface area contributed by atoms with Crippen LogP contribution in [-0.2, 0) is 32.6 Å². The molecule has 0 aromatic heterocycles. The Balaban J connectivity index is 1.81. The molecule has 7 nitrogen and oxygen atoms in total. The first-order valence-electron chi connectivity index (χ1n) is 14.0. The minimum atomic E-state index is -4.19. The molecular formula is C34H36FN3O4S. The van der Waals surface area contributed by atoms with E-state index in [4.69, 9.17) is 0 Å². The van der Waals surface area contributed by atoms with Gasteiger partial charge in [0.25, 0.3) is 10.0 Å². The van der Waals surface area contributed by atoms with Gasteiger partial charge in [0, 0.05) is 20.0 Å². The molecule has 1 N–H and O–H groups in total. The summed E-state index contributed by atoms with van der Waals surface area (Å²) in [7, 11) is -2.70. The fourth-order valence-electron chi connectivity index (χ4n) is 4.94. The lowest BCUT2D eigenvalue weighted by atomic mass is 10.0. The molecule has 2 amide bonds. The van der Waals surface area contributed by atoms with Crippen molar-refractivity contribution in [3.8, 4) is 0 Å². The zero-order chi connectivity index (χ0) is 31.1. The lowest BCUT2D eigenvalue weighted by Gasteiger charge is -2.34. The molecule has 4 rings (SSSR count). The van der Waals surface area contributed by atoms with Crippen molar-refractivity contribution in [1.29, 1.82) is 0 Å². The van der Waals surface area contributed by atoms with Gasteiger partial charge in [0.15, 0.2) is 0 Å². The van der Waals surface area contributed by atoms with Crippen molar-refractivity contribution in [3.05, 3.63) is 131 Å². The molecule has 0 aliphatic heterocycles. The highest BCUT2D eigenvalue weighted by Crippen LogP contribution is 2.28. The molecule has 224 valence electrons. The molecular weight excluding hydrogens is 565 g/mol. The fraction of sp³-hybridized carbons (Fsp3) is 0.235. The average molecular weight is 602 g/mol. The SMILES string of the molecule is CNC(=O)C(Cc1ccccc1)N(Cc1ccc(F)cc1)C(=O)CN(c1ccc(C)cc1C)S(=O)(=O)c1ccc(C)cc1. The van der Waals surface area contributed by atoms with Crippen LogP contribution in [-0.4, -0.2) is 44.8 Å². The van der Waals surface area contributed by atoms with Crippen LogP contribution < -0.4 is 9.62 Å². The van der Waals surface area contributed by atoms with E-state index in [9.17, 15) is 22.4 Å². The van der Waals surface area contributed by atoms with Crippen LogP contribution in [0.2, 0.25) is 0 Å². The summed E-state index contributed by atoms with van der Waals surface area (Å²) in [6, 6.07) is 25.8. The van der Waals surface area contributed by atoms with Crippen LogP contribution in [0.25, 0.3) is 0 Å². The number of hydrogen-bond acceptors (Lipinski definition) is 4. The first kappa shape index (κ1) is 31.4. The maximum absolute atomic E-state index is 14.3. The summed E-state index contributed by atoms with van der Waals surface area (Å²) in [6.45, 7) is 4.98. The molecule has 43 heavy (non-hydrogen) atoms. The van der Waals surface area contributed by atoms with E-state index in [1.165, 1.54) is 36.2 Å². The highest BCUT2D eigenvalue weighted by molar-refractivity contribution is 7.92. The van der Waals surface area contributed by atoms with Gasteiger partial charge in [-0.25, -0.2) is 12.8 Å². The van der Waals surface area contributed by atoms with E-state index in [0.717, 1.165) is 21.0 Å². The predicted molar refractivity (Wildman–Crippen MR) is 167 cm³/mol. The molecule has 0 aliphatic rings. The lowest BCUT2D eigenvalue weighted by Crippen LogP contribution is -2.53. The van der Waals surface area contributed by atoms with Gasteiger partial charge in [-0.1, -0.05) is 77.9 Å². The van der Waals surface area contributed by atoms with Crippen LogP contribution in [0, 0.1) is 26.6 Å². The molecule has 0 aliphatic carbocycles. The van der Waals surface area contributed by atoms with Crippen molar-refractivity contribution in [2.45, 2.75) is 44.7 Å². The molecule has 4 aromatic carbocycles. The number of rotatable bonds is 11. The van der Waals surface area contributed by atoms with Gasteiger partial charge in [0.1, 0.15) is 18.4 Å². The van der Waals surface area contributed by atoms with Crippen LogP contribution in [0.3, 0.4) is 0 Å². The first-order chi connectivity index (χ1) is 20.5. The number of sulfonamides is 1. The Labute approximate surface area is 253 Å². The van der Waals surface area contributed by atoms with Crippen LogP contribution in [0.15, 0.2) is 102 Å². The molecule has 4 aromatic rings. The van der Waals surface area contributed by atoms with Crippen molar-refractivity contribution >= 4 is 27.5 Å². The van der Waals surface area contributed by atoms with Gasteiger partial charge in [0.05, 0.1) is 10.6 Å². The Morgan fingerprint density at radius 2 is 1.44 bits per heavy atom. The average Bonchev–Trinajstić information content (AvgIpc) is 2.99. The molecule has 0 saturated heterocycles. The molecule has 0 spiro atoms. The summed E-state index contributed by atoms with van der Waals surface area (Å²) in [5, 5.41) is 2.65. The number of amides is 2. The van der Waals surface area contributed by atoms with Gasteiger partial charge in [-0.05, 0) is 67.8 Å². The van der Waals surface area contributed by atoms with E-state index < -0.39 is 40.2 Å². The van der Waals surface area contributed by atoms with Crippen LogP contribution in [0.4, 0.5) is 10.1 Å². The van der Waals surface area contributed by atoms with Crippen molar-refractivity contribution < 1.29 is 22.4 Å². The van der Waals surface area contributed by atoms with Crippen molar-refractivity contribution in [2.75, 3.05) is 17.9 Å². The Bertz CT molecular complexity index is 1680. The maximum Gasteiger partial charge on any atom is 0.264 e. The number of nitrogens with one attached hydrogen (secondary N) is 1. The summed E-state index contributed by atoms with van der Waals surface area (Å²) in [4.78, 5) is 29.1. The topological polar surface area (TPSA) is 86.8 Å². The molecule has 0 bridgehead atoms. The van der Waals surface area contributed by atoms with Gasteiger partial charge in [-0.3, -0.25) is 13.9 Å². The van der Waals surface area contributed by atoms with E-state index >= 15 is 0 Å². The predicted octanol–water partition coefficient (Wildman–Crippen LogP) is 5.33. The Morgan fingerprint density at radius 3 is 2.05 bits per heavy atom. The Hall–Kier alpha value is -4.50. The van der Waals surface area contributed by atoms with Crippen LogP contribution >= 0.6 is 0 Å². The highest BCUT2D eigenvalue weighted by atomic mass is 32.2. The molecule has 9 heteroatoms. The molecule has 0 heterocycles. The zero-order valence-corrected chi connectivity index (χ0v) is 25.6. The summed E-state index contributed by atoms with van der Waals surface area (Å²) < 4.78 is 43.1. The number of carbonyl (C=O) groups is 2. The third-order valence-electron chi connectivity index (χ3n) is 7.29. The normalized spacial score (nSPS) is 11.9. The largest absolute Gasteiger partial charge is 0.357 e. The van der Waals surface area contributed by atoms with Crippen LogP contribution in [0.1, 0.15) is 27.8 Å². The van der Waals surface area contributed by atoms with Gasteiger partial charge in [-0.15, -0.1) is 0 Å². The summed E-state index contributed by atoms with van der Waals surface area (Å²) in [5.41, 5.74) is 4.30. The van der Waals surface area contributed by atoms with Gasteiger partial charge in [0.2, 0.25) is 11.8 Å². The summed E-state index contributed by atoms with van der Waals surface area (Å²) in [6.07, 6.45) is 0.196. The fourth-order valence-corrected chi connectivity index (χ4v) is 6.42. The first-order valence-corrected chi connectivity index (χ1v) is 15.4. The van der Waals surface area contributed by atoms with E-state index in [-0.39, 0.29) is 17.9 Å². The number of halogens is 1. The number of carbonyl (C=O) groups excluding carboxylic acids is 2. The highest BCUT2D eigenvalue weighted by Gasteiger charge is 2.34. The zero-order valence-electron chi connectivity index (χ0n) is 24.7. The molecule has 0 saturated carbocycles. The molecule has 0 radical (unpaired) electrons. The molecule has 0 fully saturated rings. The van der Waals surface area contributed by atoms with E-state index in [2.05, 4.69) is 5.32 Å². The number of benzene rings is 4. The summed E-state index contributed by atoms with van der Waals surface area (Å²) in [5.74, 6) is -1.41. The second-order valence-corrected chi connectivity index (χ2v) is 12.4. The monoisotopic (exact) mass is 601 g/mol. The number of nitrogens with zero attached hydrogens (tertiary/aromatic N) is 2. The van der Waals surface area contributed by atoms with E-state index in [1.54, 1.807) is 43.3 Å². The maximum atomic E-state index is 14.3. The van der Waals surface area contributed by atoms with Gasteiger partial charge in [-0.2, -0.15) is 0 Å². The molecule has 1 unspecified atom stereocenters. The standard InChI is InChI=1S/C34H36FN3O4S/c1-24-10-17-30(18-11-24)43(41,42)38(31-19-12-25(2)20-26(31)3)23-33(39)37(22-28-13-15-29(35)16-14-28)32(34(40)36-4)21-27-8-6-5-7-9-27/h5-20,32H,21-23H2,1-4H3,(H,36,40). The molecule has 1 atom stereocenters. The number of anilines is 1. The third kappa shape index (κ3) is 7.67. The Morgan fingerprint density at radius 1 is 0.814 bits per heavy atom. The van der Waals surface area contributed by atoms with E-state index in [0.29, 0.717) is 16.8 Å². The summed E-state index contributed by atoms with van der Waals surface area (Å²) >= 11 is 0. The number of hydrogen-bond donors (Lipinski definition) is 1. The second kappa shape index (κ2) is 13.6. The van der Waals surface area contributed by atoms with Gasteiger partial charge >= 0.3 is 0 Å². The lowest BCUT2D eigenvalue weighted by molar-refractivity contribution is -0.139. The quantitative estimate of drug-likeness (QED) is 0.252. The third-order valence-corrected chi connectivity index (χ3v) is 9.07. The second-order valence-electron chi connectivity index (χ2n) is 10.6. The minimum absolute atomic E-state index is 0.0324. The van der Waals surface area contributed by atoms with Crippen molar-refractivity contribution in [3.63, 3.8) is 0 Å². The van der Waals surface area contributed by atoms with Crippen molar-refractivity contribution in [1.82, 2.24) is 10.2 Å². The number of aryl methyl sites for hydroxylation is 3. The Kier molecular flexibility index (Phi) is 9.98. The van der Waals surface area contributed by atoms with Gasteiger partial charge < -0.3 is 10.2 Å². The smallest absolute Gasteiger partial charge is 0.264 e. The van der Waals surface area contributed by atoms with E-state index in [1.807, 2.05) is 50.2 Å². The van der Waals surface area contributed by atoms with Crippen molar-refractivity contribution in [2.24, 2.45) is 0 Å². The number of likely N-dealkylation sites (N-methyl/N-ethyl adjacent to an activating group) is 1. The minimum Gasteiger partial charge on any atom is -0.357 e. The van der Waals surface area contributed by atoms with Crippen LogP contribution in [0.5, 0.6) is 0 Å².